The Balaban J connectivity index is 1.66. The molecule has 2 aromatic rings. The quantitative estimate of drug-likeness (QED) is 0.724. The Hall–Kier alpha value is -3.02. The third-order valence-electron chi connectivity index (χ3n) is 4.00. The summed E-state index contributed by atoms with van der Waals surface area (Å²) in [5.41, 5.74) is 6.97. The fourth-order valence-electron chi connectivity index (χ4n) is 2.80. The first-order chi connectivity index (χ1) is 13.3. The van der Waals surface area contributed by atoms with Gasteiger partial charge in [-0.3, -0.25) is 0 Å². The molecule has 1 N–H and O–H groups in total. The van der Waals surface area contributed by atoms with Gasteiger partial charge in [0.2, 0.25) is 0 Å². The molecule has 6 heteroatoms. The molecule has 28 heavy (non-hydrogen) atoms. The first-order valence-electron chi connectivity index (χ1n) is 9.28. The Bertz CT molecular complexity index is 748. The van der Waals surface area contributed by atoms with E-state index in [9.17, 15) is 9.59 Å². The molecule has 0 saturated carbocycles. The molecule has 2 rings (SSSR count). The Morgan fingerprint density at radius 1 is 1.00 bits per heavy atom. The molecule has 0 aliphatic carbocycles. The van der Waals surface area contributed by atoms with Gasteiger partial charge in [-0.15, -0.1) is 0 Å². The number of nitrogens with one attached hydrogen (secondary N) is 1. The second kappa shape index (κ2) is 10.3. The Labute approximate surface area is 166 Å². The van der Waals surface area contributed by atoms with Crippen molar-refractivity contribution in [3.8, 4) is 0 Å². The first kappa shape index (κ1) is 21.3. The second-order valence-electron chi connectivity index (χ2n) is 7.41. The lowest BCUT2D eigenvalue weighted by molar-refractivity contribution is 0.0347. The van der Waals surface area contributed by atoms with Gasteiger partial charge in [0.15, 0.2) is 0 Å². The maximum absolute atomic E-state index is 11.9. The summed E-state index contributed by atoms with van der Waals surface area (Å²) in [5.74, 6) is 0.143. The summed E-state index contributed by atoms with van der Waals surface area (Å²) in [7, 11) is 0. The van der Waals surface area contributed by atoms with Crippen molar-refractivity contribution in [1.29, 1.82) is 0 Å². The Morgan fingerprint density at radius 3 is 2.18 bits per heavy atom. The summed E-state index contributed by atoms with van der Waals surface area (Å²) < 4.78 is 10.4. The lowest BCUT2D eigenvalue weighted by Gasteiger charge is -2.24. The highest BCUT2D eigenvalue weighted by molar-refractivity contribution is 5.73. The number of hydrogen-bond donors (Lipinski definition) is 1. The first-order valence-corrected chi connectivity index (χ1v) is 9.28. The van der Waals surface area contributed by atoms with Crippen LogP contribution in [0.1, 0.15) is 31.9 Å². The molecule has 149 valence electrons. The van der Waals surface area contributed by atoms with Crippen LogP contribution in [0.4, 0.5) is 9.59 Å². The van der Waals surface area contributed by atoms with Crippen molar-refractivity contribution in [3.63, 3.8) is 0 Å². The van der Waals surface area contributed by atoms with Gasteiger partial charge in [0.05, 0.1) is 6.61 Å². The molecule has 0 fully saturated rings. The van der Waals surface area contributed by atoms with Crippen molar-refractivity contribution in [2.24, 2.45) is 5.92 Å². The molecular formula is C22H27N2O4. The van der Waals surface area contributed by atoms with Crippen LogP contribution in [0.25, 0.3) is 0 Å². The molecule has 1 unspecified atom stereocenters. The number of ether oxygens (including phenoxy) is 2. The van der Waals surface area contributed by atoms with Crippen LogP contribution in [-0.2, 0) is 22.3 Å². The fraction of sp³-hybridized carbons (Fsp3) is 0.364. The van der Waals surface area contributed by atoms with Crippen LogP contribution < -0.4 is 10.9 Å². The monoisotopic (exact) mass is 383 g/mol. The number of amides is 2. The topological polar surface area (TPSA) is 78.7 Å². The normalized spacial score (nSPS) is 12.0. The van der Waals surface area contributed by atoms with Gasteiger partial charge in [0.25, 0.3) is 0 Å². The van der Waals surface area contributed by atoms with E-state index in [4.69, 9.17) is 9.47 Å². The third-order valence-corrected chi connectivity index (χ3v) is 4.00. The van der Waals surface area contributed by atoms with E-state index in [1.807, 2.05) is 67.6 Å². The minimum absolute atomic E-state index is 0.143. The van der Waals surface area contributed by atoms with E-state index in [2.05, 4.69) is 10.9 Å². The number of carbonyl (C=O) groups excluding carboxylic acids is 2. The van der Waals surface area contributed by atoms with Crippen LogP contribution in [0.15, 0.2) is 60.7 Å². The molecule has 1 radical (unpaired) electrons. The highest BCUT2D eigenvalue weighted by Gasteiger charge is 2.24. The molecule has 2 amide bonds. The van der Waals surface area contributed by atoms with Crippen LogP contribution >= 0.6 is 0 Å². The summed E-state index contributed by atoms with van der Waals surface area (Å²) in [5, 5.41) is 0. The molecule has 6 nitrogen and oxygen atoms in total. The molecule has 2 aromatic carbocycles. The smallest absolute Gasteiger partial charge is 0.448 e. The summed E-state index contributed by atoms with van der Waals surface area (Å²) in [4.78, 5) is 23.6. The van der Waals surface area contributed by atoms with E-state index in [0.717, 1.165) is 12.0 Å². The summed E-state index contributed by atoms with van der Waals surface area (Å²) in [6.07, 6.45) is -0.315. The van der Waals surface area contributed by atoms with Gasteiger partial charge < -0.3 is 9.47 Å². The van der Waals surface area contributed by atoms with Crippen molar-refractivity contribution in [3.05, 3.63) is 71.8 Å². The SMILES string of the molecule is CC(COC(=O)N[N]C(=O)OC(C)(C)Cc1ccccc1)Cc1ccccc1. The molecular weight excluding hydrogens is 356 g/mol. The number of rotatable bonds is 7. The van der Waals surface area contributed by atoms with Crippen LogP contribution in [0.2, 0.25) is 0 Å². The summed E-state index contributed by atoms with van der Waals surface area (Å²) >= 11 is 0. The zero-order valence-corrected chi connectivity index (χ0v) is 16.6. The number of carbonyl (C=O) groups is 2. The van der Waals surface area contributed by atoms with Crippen molar-refractivity contribution in [2.75, 3.05) is 6.61 Å². The van der Waals surface area contributed by atoms with Crippen molar-refractivity contribution in [2.45, 2.75) is 39.2 Å². The maximum Gasteiger partial charge on any atom is 0.451 e. The van der Waals surface area contributed by atoms with E-state index in [0.29, 0.717) is 6.42 Å². The number of hydrogen-bond acceptors (Lipinski definition) is 4. The van der Waals surface area contributed by atoms with Gasteiger partial charge in [-0.2, -0.15) is 0 Å². The van der Waals surface area contributed by atoms with Crippen LogP contribution in [0.3, 0.4) is 0 Å². The molecule has 0 aromatic heterocycles. The van der Waals surface area contributed by atoms with Gasteiger partial charge in [-0.25, -0.2) is 15.0 Å². The molecule has 0 spiro atoms. The van der Waals surface area contributed by atoms with E-state index in [1.165, 1.54) is 5.56 Å². The maximum atomic E-state index is 11.9. The lowest BCUT2D eigenvalue weighted by Crippen LogP contribution is -2.41. The second-order valence-corrected chi connectivity index (χ2v) is 7.41. The zero-order chi connectivity index (χ0) is 20.4. The largest absolute Gasteiger partial charge is 0.451 e. The van der Waals surface area contributed by atoms with Crippen molar-refractivity contribution in [1.82, 2.24) is 10.9 Å². The molecule has 0 aliphatic rings. The fourth-order valence-corrected chi connectivity index (χ4v) is 2.80. The summed E-state index contributed by atoms with van der Waals surface area (Å²) in [6.45, 7) is 5.79. The van der Waals surface area contributed by atoms with Gasteiger partial charge in [0, 0.05) is 6.42 Å². The van der Waals surface area contributed by atoms with E-state index < -0.39 is 17.8 Å². The van der Waals surface area contributed by atoms with Crippen molar-refractivity contribution >= 4 is 12.2 Å². The zero-order valence-electron chi connectivity index (χ0n) is 16.6. The predicted octanol–water partition coefficient (Wildman–Crippen LogP) is 4.27. The predicted molar refractivity (Wildman–Crippen MR) is 107 cm³/mol. The van der Waals surface area contributed by atoms with Crippen molar-refractivity contribution < 1.29 is 19.1 Å². The molecule has 0 saturated heterocycles. The number of nitrogens with zero attached hydrogens (tertiary/aromatic N) is 1. The minimum Gasteiger partial charge on any atom is -0.448 e. The minimum atomic E-state index is -0.866. The highest BCUT2D eigenvalue weighted by atomic mass is 16.6. The highest BCUT2D eigenvalue weighted by Crippen LogP contribution is 2.17. The average Bonchev–Trinajstić information content (AvgIpc) is 2.65. The summed E-state index contributed by atoms with van der Waals surface area (Å²) in [6, 6.07) is 19.6. The van der Waals surface area contributed by atoms with E-state index in [-0.39, 0.29) is 12.5 Å². The Kier molecular flexibility index (Phi) is 7.87. The van der Waals surface area contributed by atoms with Crippen LogP contribution in [0, 0.1) is 5.92 Å². The third kappa shape index (κ3) is 8.12. The molecule has 1 atom stereocenters. The lowest BCUT2D eigenvalue weighted by atomic mass is 9.98. The Morgan fingerprint density at radius 2 is 1.57 bits per heavy atom. The number of benzene rings is 2. The van der Waals surface area contributed by atoms with E-state index >= 15 is 0 Å². The van der Waals surface area contributed by atoms with Gasteiger partial charge >= 0.3 is 12.2 Å². The van der Waals surface area contributed by atoms with Crippen LogP contribution in [0.5, 0.6) is 0 Å². The molecule has 0 heterocycles. The van der Waals surface area contributed by atoms with Gasteiger partial charge in [-0.05, 0) is 37.3 Å². The molecule has 0 aliphatic heterocycles. The standard InChI is InChI=1S/C22H27N2O4/c1-17(14-18-10-6-4-7-11-18)16-27-20(25)23-24-21(26)28-22(2,3)15-19-12-8-5-9-13-19/h4-13,17H,14-16H2,1-3H3,(H,23,25). The average molecular weight is 383 g/mol. The van der Waals surface area contributed by atoms with Gasteiger partial charge in [-0.1, -0.05) is 73.0 Å². The van der Waals surface area contributed by atoms with E-state index in [1.54, 1.807) is 13.8 Å². The van der Waals surface area contributed by atoms with Crippen LogP contribution in [-0.4, -0.2) is 24.4 Å². The van der Waals surface area contributed by atoms with Gasteiger partial charge in [0.1, 0.15) is 5.60 Å². The molecule has 0 bridgehead atoms.